The second-order valence-corrected chi connectivity index (χ2v) is 3.91. The third-order valence-electron chi connectivity index (χ3n) is 2.70. The molecule has 0 aliphatic heterocycles. The van der Waals surface area contributed by atoms with Crippen molar-refractivity contribution in [2.24, 2.45) is 7.05 Å². The first-order chi connectivity index (χ1) is 6.84. The van der Waals surface area contributed by atoms with Crippen LogP contribution in [0.2, 0.25) is 0 Å². The second-order valence-electron chi connectivity index (χ2n) is 3.91. The maximum Gasteiger partial charge on any atom is 0.188 e. The largest absolute Gasteiger partial charge is 0.307 e. The monoisotopic (exact) mass is 195 g/mol. The smallest absolute Gasteiger partial charge is 0.188 e. The molecule has 1 heterocycles. The minimum Gasteiger partial charge on any atom is -0.307 e. The third-order valence-corrected chi connectivity index (χ3v) is 2.70. The molecule has 0 unspecified atom stereocenters. The van der Waals surface area contributed by atoms with Gasteiger partial charge in [0.2, 0.25) is 0 Å². The van der Waals surface area contributed by atoms with Crippen LogP contribution in [-0.4, -0.2) is 26.2 Å². The Kier molecular flexibility index (Phi) is 3.08. The molecule has 78 valence electrons. The molecule has 1 aliphatic carbocycles. The molecule has 0 spiro atoms. The molecule has 1 aliphatic rings. The van der Waals surface area contributed by atoms with Crippen LogP contribution in [0.25, 0.3) is 0 Å². The van der Waals surface area contributed by atoms with Crippen molar-refractivity contribution < 1.29 is 0 Å². The van der Waals surface area contributed by atoms with Crippen LogP contribution in [0, 0.1) is 0 Å². The van der Waals surface area contributed by atoms with Crippen LogP contribution in [-0.2, 0) is 13.6 Å². The van der Waals surface area contributed by atoms with Gasteiger partial charge in [0.15, 0.2) is 5.82 Å². The van der Waals surface area contributed by atoms with E-state index in [1.807, 2.05) is 0 Å². The highest BCUT2D eigenvalue weighted by Gasteiger charge is 2.13. The second kappa shape index (κ2) is 4.50. The van der Waals surface area contributed by atoms with E-state index in [1.54, 1.807) is 7.05 Å². The SMILES string of the molecule is Cn1nnc(CNC2CCCCC2)n1. The lowest BCUT2D eigenvalue weighted by Crippen LogP contribution is -2.30. The average molecular weight is 195 g/mol. The molecule has 5 nitrogen and oxygen atoms in total. The summed E-state index contributed by atoms with van der Waals surface area (Å²) >= 11 is 0. The Morgan fingerprint density at radius 1 is 1.36 bits per heavy atom. The number of rotatable bonds is 3. The Hall–Kier alpha value is -0.970. The molecule has 1 saturated carbocycles. The van der Waals surface area contributed by atoms with Crippen LogP contribution in [0.1, 0.15) is 37.9 Å². The quantitative estimate of drug-likeness (QED) is 0.768. The van der Waals surface area contributed by atoms with E-state index >= 15 is 0 Å². The maximum atomic E-state index is 4.13. The molecule has 5 heteroatoms. The van der Waals surface area contributed by atoms with Crippen molar-refractivity contribution in [3.8, 4) is 0 Å². The van der Waals surface area contributed by atoms with Gasteiger partial charge in [0.05, 0.1) is 13.6 Å². The highest BCUT2D eigenvalue weighted by molar-refractivity contribution is 4.79. The number of nitrogens with zero attached hydrogens (tertiary/aromatic N) is 4. The number of hydrogen-bond donors (Lipinski definition) is 1. The Morgan fingerprint density at radius 3 is 2.79 bits per heavy atom. The summed E-state index contributed by atoms with van der Waals surface area (Å²) in [7, 11) is 1.79. The van der Waals surface area contributed by atoms with Gasteiger partial charge in [-0.1, -0.05) is 19.3 Å². The molecule has 0 saturated heterocycles. The van der Waals surface area contributed by atoms with Crippen LogP contribution in [0.4, 0.5) is 0 Å². The van der Waals surface area contributed by atoms with E-state index in [4.69, 9.17) is 0 Å². The van der Waals surface area contributed by atoms with Crippen molar-refractivity contribution in [3.05, 3.63) is 5.82 Å². The number of aromatic nitrogens is 4. The van der Waals surface area contributed by atoms with E-state index in [0.717, 1.165) is 12.4 Å². The summed E-state index contributed by atoms with van der Waals surface area (Å²) in [6.45, 7) is 0.749. The molecule has 1 N–H and O–H groups in total. The average Bonchev–Trinajstić information content (AvgIpc) is 2.63. The van der Waals surface area contributed by atoms with E-state index < -0.39 is 0 Å². The summed E-state index contributed by atoms with van der Waals surface area (Å²) in [6, 6.07) is 0.660. The fourth-order valence-electron chi connectivity index (χ4n) is 1.94. The molecule has 0 bridgehead atoms. The van der Waals surface area contributed by atoms with E-state index in [9.17, 15) is 0 Å². The van der Waals surface area contributed by atoms with Gasteiger partial charge < -0.3 is 5.32 Å². The molecule has 1 aromatic heterocycles. The van der Waals surface area contributed by atoms with Gasteiger partial charge in [-0.05, 0) is 18.1 Å². The zero-order chi connectivity index (χ0) is 9.80. The topological polar surface area (TPSA) is 55.6 Å². The summed E-state index contributed by atoms with van der Waals surface area (Å²) in [5.74, 6) is 0.790. The van der Waals surface area contributed by atoms with Crippen LogP contribution in [0.3, 0.4) is 0 Å². The summed E-state index contributed by atoms with van der Waals surface area (Å²) in [6.07, 6.45) is 6.68. The number of aryl methyl sites for hydroxylation is 1. The van der Waals surface area contributed by atoms with E-state index in [-0.39, 0.29) is 0 Å². The van der Waals surface area contributed by atoms with Gasteiger partial charge >= 0.3 is 0 Å². The third kappa shape index (κ3) is 2.51. The van der Waals surface area contributed by atoms with Crippen molar-refractivity contribution in [3.63, 3.8) is 0 Å². The predicted molar refractivity (Wildman–Crippen MR) is 52.5 cm³/mol. The van der Waals surface area contributed by atoms with Crippen molar-refractivity contribution in [1.29, 1.82) is 0 Å². The maximum absolute atomic E-state index is 4.13. The van der Waals surface area contributed by atoms with Crippen LogP contribution in [0.5, 0.6) is 0 Å². The summed E-state index contributed by atoms with van der Waals surface area (Å²) in [5.41, 5.74) is 0. The molecule has 0 atom stereocenters. The van der Waals surface area contributed by atoms with Gasteiger partial charge in [0, 0.05) is 6.04 Å². The first kappa shape index (κ1) is 9.58. The molecule has 1 aromatic rings. The fraction of sp³-hybridized carbons (Fsp3) is 0.889. The lowest BCUT2D eigenvalue weighted by atomic mass is 9.95. The minimum absolute atomic E-state index is 0.660. The zero-order valence-electron chi connectivity index (χ0n) is 8.61. The normalized spacial score (nSPS) is 18.6. The Balaban J connectivity index is 1.76. The highest BCUT2D eigenvalue weighted by atomic mass is 15.6. The van der Waals surface area contributed by atoms with Gasteiger partial charge in [0.25, 0.3) is 0 Å². The summed E-state index contributed by atoms with van der Waals surface area (Å²) in [5, 5.41) is 15.3. The van der Waals surface area contributed by atoms with Gasteiger partial charge in [-0.15, -0.1) is 10.2 Å². The van der Waals surface area contributed by atoms with Crippen molar-refractivity contribution >= 4 is 0 Å². The Bertz CT molecular complexity index is 276. The molecule has 0 amide bonds. The van der Waals surface area contributed by atoms with Crippen LogP contribution in [0.15, 0.2) is 0 Å². The van der Waals surface area contributed by atoms with E-state index in [0.29, 0.717) is 6.04 Å². The molecular formula is C9H17N5. The molecule has 14 heavy (non-hydrogen) atoms. The van der Waals surface area contributed by atoms with Gasteiger partial charge in [-0.25, -0.2) is 0 Å². The molecule has 0 radical (unpaired) electrons. The molecule has 0 aromatic carbocycles. The Labute approximate surface area is 83.9 Å². The molecule has 2 rings (SSSR count). The fourth-order valence-corrected chi connectivity index (χ4v) is 1.94. The first-order valence-corrected chi connectivity index (χ1v) is 5.31. The zero-order valence-corrected chi connectivity index (χ0v) is 8.61. The highest BCUT2D eigenvalue weighted by Crippen LogP contribution is 2.17. The summed E-state index contributed by atoms with van der Waals surface area (Å²) < 4.78 is 0. The number of tetrazole rings is 1. The van der Waals surface area contributed by atoms with Crippen LogP contribution >= 0.6 is 0 Å². The lowest BCUT2D eigenvalue weighted by Gasteiger charge is -2.21. The summed E-state index contributed by atoms with van der Waals surface area (Å²) in [4.78, 5) is 1.50. The number of nitrogens with one attached hydrogen (secondary N) is 1. The minimum atomic E-state index is 0.660. The molecule has 1 fully saturated rings. The Morgan fingerprint density at radius 2 is 2.14 bits per heavy atom. The van der Waals surface area contributed by atoms with Gasteiger partial charge in [0.1, 0.15) is 0 Å². The van der Waals surface area contributed by atoms with Gasteiger partial charge in [-0.2, -0.15) is 4.80 Å². The van der Waals surface area contributed by atoms with Gasteiger partial charge in [-0.3, -0.25) is 0 Å². The number of hydrogen-bond acceptors (Lipinski definition) is 4. The van der Waals surface area contributed by atoms with E-state index in [1.165, 1.54) is 36.9 Å². The van der Waals surface area contributed by atoms with Crippen LogP contribution < -0.4 is 5.32 Å². The molecular weight excluding hydrogens is 178 g/mol. The predicted octanol–water partition coefficient (Wildman–Crippen LogP) is 0.632. The lowest BCUT2D eigenvalue weighted by molar-refractivity contribution is 0.369. The van der Waals surface area contributed by atoms with E-state index in [2.05, 4.69) is 20.7 Å². The van der Waals surface area contributed by atoms with Crippen molar-refractivity contribution in [2.45, 2.75) is 44.7 Å². The van der Waals surface area contributed by atoms with Crippen molar-refractivity contribution in [1.82, 2.24) is 25.5 Å². The first-order valence-electron chi connectivity index (χ1n) is 5.31. The van der Waals surface area contributed by atoms with Crippen molar-refractivity contribution in [2.75, 3.05) is 0 Å². The standard InChI is InChI=1S/C9H17N5/c1-14-12-9(11-13-14)7-10-8-5-3-2-4-6-8/h8,10H,2-7H2,1H3.